The van der Waals surface area contributed by atoms with Gasteiger partial charge in [0.15, 0.2) is 0 Å². The number of hydrogen-bond acceptors (Lipinski definition) is 0. The maximum absolute atomic E-state index is 2.45. The molecule has 0 bridgehead atoms. The molecule has 0 unspecified atom stereocenters. The van der Waals surface area contributed by atoms with E-state index in [1.54, 1.807) is 51.4 Å². The fraction of sp³-hybridized carbons (Fsp3) is 1.00. The molecule has 0 spiro atoms. The minimum absolute atomic E-state index is 1.03. The summed E-state index contributed by atoms with van der Waals surface area (Å²) in [6.07, 6.45) is 17.2. The number of hydrogen-bond donors (Lipinski definition) is 0. The van der Waals surface area contributed by atoms with Gasteiger partial charge in [-0.3, -0.25) is 0 Å². The van der Waals surface area contributed by atoms with Crippen LogP contribution in [0.1, 0.15) is 77.6 Å². The van der Waals surface area contributed by atoms with Crippen molar-refractivity contribution in [2.45, 2.75) is 77.6 Å². The fourth-order valence-electron chi connectivity index (χ4n) is 4.76. The van der Waals surface area contributed by atoms with Crippen molar-refractivity contribution < 1.29 is 0 Å². The van der Waals surface area contributed by atoms with Gasteiger partial charge in [0, 0.05) is 0 Å². The molecule has 3 saturated carbocycles. The molecular formula is C17H30. The monoisotopic (exact) mass is 234 g/mol. The zero-order valence-corrected chi connectivity index (χ0v) is 11.7. The molecule has 0 nitrogen and oxygen atoms in total. The maximum Gasteiger partial charge on any atom is -0.0386 e. The second-order valence-corrected chi connectivity index (χ2v) is 7.39. The van der Waals surface area contributed by atoms with Gasteiger partial charge in [0.1, 0.15) is 0 Å². The van der Waals surface area contributed by atoms with Crippen molar-refractivity contribution in [3.8, 4) is 0 Å². The standard InChI is InChI=1S/C17H30/c1-13-5-7-15(8-6-13)17-11-9-16(10-12-17)14-3-2-4-14/h13-17H,2-12H2,1H3. The van der Waals surface area contributed by atoms with Crippen LogP contribution in [0.3, 0.4) is 0 Å². The third kappa shape index (κ3) is 2.71. The summed E-state index contributed by atoms with van der Waals surface area (Å²) in [5, 5.41) is 0. The lowest BCUT2D eigenvalue weighted by atomic mass is 9.64. The summed E-state index contributed by atoms with van der Waals surface area (Å²) >= 11 is 0. The lowest BCUT2D eigenvalue weighted by Gasteiger charge is -2.41. The lowest BCUT2D eigenvalue weighted by Crippen LogP contribution is -2.30. The lowest BCUT2D eigenvalue weighted by molar-refractivity contribution is 0.0997. The highest BCUT2D eigenvalue weighted by Crippen LogP contribution is 2.46. The molecule has 0 heteroatoms. The molecule has 0 atom stereocenters. The Hall–Kier alpha value is 0. The third-order valence-corrected chi connectivity index (χ3v) is 6.36. The molecule has 3 fully saturated rings. The van der Waals surface area contributed by atoms with E-state index < -0.39 is 0 Å². The Morgan fingerprint density at radius 3 is 1.18 bits per heavy atom. The van der Waals surface area contributed by atoms with Gasteiger partial charge >= 0.3 is 0 Å². The maximum atomic E-state index is 2.45. The summed E-state index contributed by atoms with van der Waals surface area (Å²) in [6, 6.07) is 0. The normalized spacial score (nSPS) is 44.3. The van der Waals surface area contributed by atoms with Crippen LogP contribution < -0.4 is 0 Å². The first-order chi connectivity index (χ1) is 8.33. The van der Waals surface area contributed by atoms with Crippen molar-refractivity contribution in [2.75, 3.05) is 0 Å². The highest BCUT2D eigenvalue weighted by molar-refractivity contribution is 4.85. The Kier molecular flexibility index (Phi) is 3.78. The Balaban J connectivity index is 1.44. The Labute approximate surface area is 108 Å². The molecule has 98 valence electrons. The van der Waals surface area contributed by atoms with Crippen LogP contribution >= 0.6 is 0 Å². The van der Waals surface area contributed by atoms with E-state index in [4.69, 9.17) is 0 Å². The van der Waals surface area contributed by atoms with Crippen LogP contribution in [0.15, 0.2) is 0 Å². The first kappa shape index (κ1) is 12.1. The summed E-state index contributed by atoms with van der Waals surface area (Å²) in [4.78, 5) is 0. The van der Waals surface area contributed by atoms with Crippen molar-refractivity contribution in [3.05, 3.63) is 0 Å². The van der Waals surface area contributed by atoms with Crippen molar-refractivity contribution in [1.82, 2.24) is 0 Å². The quantitative estimate of drug-likeness (QED) is 0.598. The summed E-state index contributed by atoms with van der Waals surface area (Å²) in [5.41, 5.74) is 0. The van der Waals surface area contributed by atoms with Crippen LogP contribution in [-0.2, 0) is 0 Å². The van der Waals surface area contributed by atoms with Crippen LogP contribution in [0.4, 0.5) is 0 Å². The van der Waals surface area contributed by atoms with E-state index in [1.807, 2.05) is 0 Å². The van der Waals surface area contributed by atoms with E-state index in [9.17, 15) is 0 Å². The molecule has 0 radical (unpaired) electrons. The first-order valence-corrected chi connectivity index (χ1v) is 8.33. The van der Waals surface area contributed by atoms with Gasteiger partial charge < -0.3 is 0 Å². The molecule has 3 aliphatic carbocycles. The van der Waals surface area contributed by atoms with Crippen LogP contribution in [0.25, 0.3) is 0 Å². The second-order valence-electron chi connectivity index (χ2n) is 7.39. The minimum atomic E-state index is 1.03. The van der Waals surface area contributed by atoms with E-state index in [-0.39, 0.29) is 0 Å². The molecule has 3 aliphatic rings. The smallest absolute Gasteiger partial charge is 0.0386 e. The Morgan fingerprint density at radius 2 is 0.824 bits per heavy atom. The fourth-order valence-corrected chi connectivity index (χ4v) is 4.76. The van der Waals surface area contributed by atoms with Crippen molar-refractivity contribution in [3.63, 3.8) is 0 Å². The molecule has 0 aromatic rings. The molecule has 0 aromatic heterocycles. The predicted molar refractivity (Wildman–Crippen MR) is 73.9 cm³/mol. The molecule has 0 aromatic carbocycles. The molecule has 0 amide bonds. The third-order valence-electron chi connectivity index (χ3n) is 6.36. The largest absolute Gasteiger partial charge is 0.0625 e. The van der Waals surface area contributed by atoms with Crippen molar-refractivity contribution in [1.29, 1.82) is 0 Å². The second kappa shape index (κ2) is 5.33. The van der Waals surface area contributed by atoms with E-state index in [1.165, 1.54) is 19.3 Å². The minimum Gasteiger partial charge on any atom is -0.0625 e. The molecule has 0 saturated heterocycles. The highest BCUT2D eigenvalue weighted by Gasteiger charge is 2.34. The van der Waals surface area contributed by atoms with Gasteiger partial charge in [0.2, 0.25) is 0 Å². The average molecular weight is 234 g/mol. The van der Waals surface area contributed by atoms with E-state index in [0.29, 0.717) is 0 Å². The van der Waals surface area contributed by atoms with Crippen LogP contribution in [0.2, 0.25) is 0 Å². The van der Waals surface area contributed by atoms with Gasteiger partial charge in [0.05, 0.1) is 0 Å². The van der Waals surface area contributed by atoms with E-state index >= 15 is 0 Å². The van der Waals surface area contributed by atoms with Crippen molar-refractivity contribution >= 4 is 0 Å². The van der Waals surface area contributed by atoms with Crippen molar-refractivity contribution in [2.24, 2.45) is 29.6 Å². The summed E-state index contributed by atoms with van der Waals surface area (Å²) in [5.74, 6) is 5.56. The molecule has 0 aliphatic heterocycles. The number of rotatable bonds is 2. The van der Waals surface area contributed by atoms with Gasteiger partial charge in [-0.2, -0.15) is 0 Å². The molecular weight excluding hydrogens is 204 g/mol. The zero-order chi connectivity index (χ0) is 11.7. The SMILES string of the molecule is CC1CCC(C2CCC(C3CCC3)CC2)CC1. The average Bonchev–Trinajstić information content (AvgIpc) is 2.29. The molecule has 0 heterocycles. The van der Waals surface area contributed by atoms with Gasteiger partial charge in [-0.05, 0) is 68.1 Å². The summed E-state index contributed by atoms with van der Waals surface area (Å²) in [7, 11) is 0. The summed E-state index contributed by atoms with van der Waals surface area (Å²) in [6.45, 7) is 2.45. The van der Waals surface area contributed by atoms with E-state index in [2.05, 4.69) is 6.92 Å². The Morgan fingerprint density at radius 1 is 0.471 bits per heavy atom. The van der Waals surface area contributed by atoms with E-state index in [0.717, 1.165) is 29.6 Å². The van der Waals surface area contributed by atoms with Crippen LogP contribution in [0.5, 0.6) is 0 Å². The molecule has 0 N–H and O–H groups in total. The Bertz CT molecular complexity index is 224. The first-order valence-electron chi connectivity index (χ1n) is 8.33. The topological polar surface area (TPSA) is 0 Å². The van der Waals surface area contributed by atoms with Crippen LogP contribution in [-0.4, -0.2) is 0 Å². The summed E-state index contributed by atoms with van der Waals surface area (Å²) < 4.78 is 0. The zero-order valence-electron chi connectivity index (χ0n) is 11.7. The highest BCUT2D eigenvalue weighted by atomic mass is 14.4. The van der Waals surface area contributed by atoms with Crippen LogP contribution in [0, 0.1) is 29.6 Å². The predicted octanol–water partition coefficient (Wildman–Crippen LogP) is 5.42. The van der Waals surface area contributed by atoms with Gasteiger partial charge in [0.25, 0.3) is 0 Å². The molecule has 3 rings (SSSR count). The molecule has 17 heavy (non-hydrogen) atoms. The van der Waals surface area contributed by atoms with Gasteiger partial charge in [-0.25, -0.2) is 0 Å². The van der Waals surface area contributed by atoms with Gasteiger partial charge in [-0.1, -0.05) is 39.0 Å². The van der Waals surface area contributed by atoms with Gasteiger partial charge in [-0.15, -0.1) is 0 Å².